The molecule has 4 nitrogen and oxygen atoms in total. The molecule has 0 aromatic rings. The monoisotopic (exact) mass is 542 g/mol. The first kappa shape index (κ1) is 36.5. The molecule has 0 aliphatic carbocycles. The highest BCUT2D eigenvalue weighted by molar-refractivity contribution is 5.69. The third-order valence-electron chi connectivity index (χ3n) is 8.62. The lowest BCUT2D eigenvalue weighted by Crippen LogP contribution is -2.33. The quantitative estimate of drug-likeness (QED) is 0.127. The van der Waals surface area contributed by atoms with Crippen LogP contribution in [0.5, 0.6) is 0 Å². The zero-order chi connectivity index (χ0) is 30.4. The van der Waals surface area contributed by atoms with Gasteiger partial charge in [0.25, 0.3) is 0 Å². The summed E-state index contributed by atoms with van der Waals surface area (Å²) in [5, 5.41) is 10.7. The van der Waals surface area contributed by atoms with Crippen molar-refractivity contribution in [2.45, 2.75) is 116 Å². The van der Waals surface area contributed by atoms with E-state index in [1.165, 1.54) is 33.4 Å². The van der Waals surface area contributed by atoms with E-state index in [1.807, 2.05) is 0 Å². The zero-order valence-corrected chi connectivity index (χ0v) is 27.5. The van der Waals surface area contributed by atoms with Crippen LogP contribution >= 0.6 is 0 Å². The summed E-state index contributed by atoms with van der Waals surface area (Å²) in [5.74, 6) is 0.810. The van der Waals surface area contributed by atoms with Crippen molar-refractivity contribution in [2.75, 3.05) is 6.61 Å². The van der Waals surface area contributed by atoms with E-state index in [0.29, 0.717) is 12.4 Å². The lowest BCUT2D eigenvalue weighted by Gasteiger charge is -2.38. The second-order valence-electron chi connectivity index (χ2n) is 10.8. The van der Waals surface area contributed by atoms with Crippen molar-refractivity contribution in [1.29, 1.82) is 0 Å². The Morgan fingerprint density at radius 3 is 1.46 bits per heavy atom. The lowest BCUT2D eigenvalue weighted by molar-refractivity contribution is -0.143. The van der Waals surface area contributed by atoms with Crippen LogP contribution in [0.25, 0.3) is 0 Å². The van der Waals surface area contributed by atoms with Gasteiger partial charge in [-0.3, -0.25) is 4.79 Å². The maximum absolute atomic E-state index is 12.2. The molecular formula is C35H58O4. The smallest absolute Gasteiger partial charge is 0.306 e. The summed E-state index contributed by atoms with van der Waals surface area (Å²) < 4.78 is 12.0. The molecule has 0 rings (SSSR count). The van der Waals surface area contributed by atoms with Crippen LogP contribution in [0.2, 0.25) is 0 Å². The van der Waals surface area contributed by atoms with Gasteiger partial charge in [-0.15, -0.1) is 0 Å². The maximum atomic E-state index is 12.2. The first-order chi connectivity index (χ1) is 18.2. The molecule has 0 aromatic heterocycles. The van der Waals surface area contributed by atoms with E-state index in [1.54, 1.807) is 13.8 Å². The molecule has 222 valence electrons. The van der Waals surface area contributed by atoms with Crippen molar-refractivity contribution in [1.82, 2.24) is 0 Å². The molecule has 0 aromatic carbocycles. The third kappa shape index (κ3) is 10.5. The van der Waals surface area contributed by atoms with Gasteiger partial charge in [-0.05, 0) is 86.6 Å². The van der Waals surface area contributed by atoms with Crippen molar-refractivity contribution in [2.24, 2.45) is 23.7 Å². The van der Waals surface area contributed by atoms with Crippen LogP contribution in [0, 0.1) is 23.7 Å². The van der Waals surface area contributed by atoms with Crippen LogP contribution in [0.1, 0.15) is 110 Å². The average Bonchev–Trinajstić information content (AvgIpc) is 2.92. The summed E-state index contributed by atoms with van der Waals surface area (Å²) in [5.41, 5.74) is 7.72. The Morgan fingerprint density at radius 1 is 0.692 bits per heavy atom. The SMILES string of the molecule is C/C=C(/C)C(C)C(=C(C(C)/C(C)=C/C)C(O/C(CCC(=O)OCC)=C(/C)O)C(C)/C(C)=C/C)C(C)/C(C)=C\C. The number of aliphatic hydroxyl groups excluding tert-OH is 1. The maximum Gasteiger partial charge on any atom is 0.306 e. The minimum atomic E-state index is -0.334. The van der Waals surface area contributed by atoms with Crippen LogP contribution in [0.3, 0.4) is 0 Å². The number of allylic oxidation sites excluding steroid dienone is 10. The number of rotatable bonds is 15. The number of hydrogen-bond donors (Lipinski definition) is 1. The van der Waals surface area contributed by atoms with Crippen LogP contribution in [0.15, 0.2) is 69.3 Å². The lowest BCUT2D eigenvalue weighted by atomic mass is 9.71. The van der Waals surface area contributed by atoms with E-state index in [2.05, 4.69) is 107 Å². The van der Waals surface area contributed by atoms with Crippen molar-refractivity contribution < 1.29 is 19.4 Å². The molecule has 0 aliphatic heterocycles. The van der Waals surface area contributed by atoms with Crippen LogP contribution in [-0.2, 0) is 14.3 Å². The fourth-order valence-electron chi connectivity index (χ4n) is 4.89. The van der Waals surface area contributed by atoms with Crippen molar-refractivity contribution in [3.63, 3.8) is 0 Å². The predicted molar refractivity (Wildman–Crippen MR) is 167 cm³/mol. The van der Waals surface area contributed by atoms with Crippen LogP contribution in [-0.4, -0.2) is 23.8 Å². The summed E-state index contributed by atoms with van der Waals surface area (Å²) >= 11 is 0. The zero-order valence-electron chi connectivity index (χ0n) is 27.5. The van der Waals surface area contributed by atoms with Gasteiger partial charge in [0.15, 0.2) is 0 Å². The van der Waals surface area contributed by atoms with E-state index >= 15 is 0 Å². The summed E-state index contributed by atoms with van der Waals surface area (Å²) in [6, 6.07) is 0. The van der Waals surface area contributed by atoms with Gasteiger partial charge in [-0.25, -0.2) is 0 Å². The number of ether oxygens (including phenoxy) is 2. The second-order valence-corrected chi connectivity index (χ2v) is 10.8. The van der Waals surface area contributed by atoms with Gasteiger partial charge in [0.05, 0.1) is 13.0 Å². The standard InChI is InChI=1S/C35H58O4/c1-15-22(6)26(10)33(27(11)23(7)16-2)34(28(12)24(8)17-3)35(29(13)25(9)18-4)39-31(30(14)36)20-21-32(37)38-19-5/h15-18,26-29,35-36H,19-21H2,1-14H3/b22-15-,23-16-,24-17+,25-18+,31-30-,34-33?. The highest BCUT2D eigenvalue weighted by Gasteiger charge is 2.35. The van der Waals surface area contributed by atoms with Gasteiger partial charge in [0.1, 0.15) is 17.6 Å². The Bertz CT molecular complexity index is 956. The first-order valence-electron chi connectivity index (χ1n) is 14.7. The molecule has 5 unspecified atom stereocenters. The summed E-state index contributed by atoms with van der Waals surface area (Å²) in [6.45, 7) is 29.9. The van der Waals surface area contributed by atoms with Crippen molar-refractivity contribution in [3.8, 4) is 0 Å². The summed E-state index contributed by atoms with van der Waals surface area (Å²) in [4.78, 5) is 12.2. The minimum absolute atomic E-state index is 0.0419. The molecule has 39 heavy (non-hydrogen) atoms. The first-order valence-corrected chi connectivity index (χ1v) is 14.7. The molecule has 0 radical (unpaired) electrons. The van der Waals surface area contributed by atoms with Gasteiger partial charge in [0, 0.05) is 18.3 Å². The molecular weight excluding hydrogens is 484 g/mol. The number of esters is 1. The number of aliphatic hydroxyl groups is 1. The molecule has 0 heterocycles. The minimum Gasteiger partial charge on any atom is -0.509 e. The largest absolute Gasteiger partial charge is 0.509 e. The Hall–Kier alpha value is -2.49. The molecule has 0 spiro atoms. The average molecular weight is 543 g/mol. The Labute approximate surface area is 240 Å². The molecule has 0 fully saturated rings. The van der Waals surface area contributed by atoms with Gasteiger partial charge >= 0.3 is 5.97 Å². The highest BCUT2D eigenvalue weighted by atomic mass is 16.5. The fraction of sp³-hybridized carbons (Fsp3) is 0.629. The van der Waals surface area contributed by atoms with E-state index in [9.17, 15) is 9.90 Å². The van der Waals surface area contributed by atoms with E-state index in [-0.39, 0.29) is 54.3 Å². The predicted octanol–water partition coefficient (Wildman–Crippen LogP) is 10.2. The second kappa shape index (κ2) is 18.0. The van der Waals surface area contributed by atoms with Gasteiger partial charge in [0.2, 0.25) is 0 Å². The molecule has 1 N–H and O–H groups in total. The van der Waals surface area contributed by atoms with Gasteiger partial charge in [-0.1, -0.05) is 79.9 Å². The molecule has 0 bridgehead atoms. The number of carbonyl (C=O) groups excluding carboxylic acids is 1. The van der Waals surface area contributed by atoms with Gasteiger partial charge < -0.3 is 14.6 Å². The van der Waals surface area contributed by atoms with Crippen LogP contribution in [0.4, 0.5) is 0 Å². The molecule has 0 aliphatic rings. The van der Waals surface area contributed by atoms with E-state index in [0.717, 1.165) is 0 Å². The third-order valence-corrected chi connectivity index (χ3v) is 8.62. The molecule has 0 amide bonds. The Morgan fingerprint density at radius 2 is 1.10 bits per heavy atom. The normalized spacial score (nSPS) is 18.0. The van der Waals surface area contributed by atoms with E-state index in [4.69, 9.17) is 9.47 Å². The van der Waals surface area contributed by atoms with Crippen molar-refractivity contribution in [3.05, 3.63) is 69.3 Å². The number of carbonyl (C=O) groups is 1. The Kier molecular flexibility index (Phi) is 16.8. The summed E-state index contributed by atoms with van der Waals surface area (Å²) in [7, 11) is 0. The molecule has 4 heteroatoms. The fourth-order valence-corrected chi connectivity index (χ4v) is 4.89. The molecule has 5 atom stereocenters. The Balaban J connectivity index is 7.63. The highest BCUT2D eigenvalue weighted by Crippen LogP contribution is 2.42. The molecule has 0 saturated heterocycles. The topological polar surface area (TPSA) is 55.8 Å². The van der Waals surface area contributed by atoms with Crippen LogP contribution < -0.4 is 0 Å². The van der Waals surface area contributed by atoms with Crippen molar-refractivity contribution >= 4 is 5.97 Å². The van der Waals surface area contributed by atoms with Gasteiger partial charge in [-0.2, -0.15) is 0 Å². The summed E-state index contributed by atoms with van der Waals surface area (Å²) in [6.07, 6.45) is 8.83. The van der Waals surface area contributed by atoms with E-state index < -0.39 is 0 Å². The molecule has 0 saturated carbocycles. The number of hydrogen-bond acceptors (Lipinski definition) is 4.